The van der Waals surface area contributed by atoms with Crippen molar-refractivity contribution in [1.29, 1.82) is 0 Å². The van der Waals surface area contributed by atoms with Gasteiger partial charge in [-0.15, -0.1) is 0 Å². The van der Waals surface area contributed by atoms with Crippen LogP contribution in [0, 0.1) is 0 Å². The molecule has 0 aromatic carbocycles. The Kier molecular flexibility index (Phi) is 5.58. The summed E-state index contributed by atoms with van der Waals surface area (Å²) in [6.45, 7) is 6.21. The number of carbonyl (C=O) groups is 1. The summed E-state index contributed by atoms with van der Waals surface area (Å²) in [7, 11) is 1.66. The van der Waals surface area contributed by atoms with Crippen molar-refractivity contribution < 1.29 is 9.90 Å². The summed E-state index contributed by atoms with van der Waals surface area (Å²) in [6, 6.07) is 3.63. The molecular weight excluding hydrogens is 230 g/mol. The van der Waals surface area contributed by atoms with Crippen molar-refractivity contribution >= 4 is 11.7 Å². The number of aliphatic hydroxyl groups excluding tert-OH is 1. The minimum Gasteiger partial charge on any atom is -0.395 e. The summed E-state index contributed by atoms with van der Waals surface area (Å²) in [5.41, 5.74) is 0.543. The molecule has 1 rings (SSSR count). The van der Waals surface area contributed by atoms with Crippen LogP contribution >= 0.6 is 0 Å². The van der Waals surface area contributed by atoms with Crippen LogP contribution in [-0.2, 0) is 0 Å². The fourth-order valence-corrected chi connectivity index (χ4v) is 1.72. The Balaban J connectivity index is 2.79. The summed E-state index contributed by atoms with van der Waals surface area (Å²) >= 11 is 0. The minimum atomic E-state index is -0.123. The first-order valence-electron chi connectivity index (χ1n) is 6.21. The van der Waals surface area contributed by atoms with Gasteiger partial charge in [-0.2, -0.15) is 0 Å². The van der Waals surface area contributed by atoms with E-state index in [-0.39, 0.29) is 12.5 Å². The minimum absolute atomic E-state index is 0.0345. The molecule has 0 aliphatic carbocycles. The molecule has 0 spiro atoms. The molecule has 18 heavy (non-hydrogen) atoms. The number of anilines is 1. The van der Waals surface area contributed by atoms with Crippen LogP contribution in [0.4, 0.5) is 5.82 Å². The van der Waals surface area contributed by atoms with E-state index in [9.17, 15) is 4.79 Å². The van der Waals surface area contributed by atoms with Gasteiger partial charge < -0.3 is 14.9 Å². The van der Waals surface area contributed by atoms with Gasteiger partial charge in [0.05, 0.1) is 12.2 Å². The van der Waals surface area contributed by atoms with Crippen LogP contribution in [0.15, 0.2) is 18.3 Å². The van der Waals surface area contributed by atoms with Crippen LogP contribution in [0.5, 0.6) is 0 Å². The third kappa shape index (κ3) is 3.43. The molecule has 0 aliphatic heterocycles. The predicted molar refractivity (Wildman–Crippen MR) is 71.8 cm³/mol. The lowest BCUT2D eigenvalue weighted by atomic mass is 10.2. The molecule has 0 unspecified atom stereocenters. The first-order chi connectivity index (χ1) is 8.63. The largest absolute Gasteiger partial charge is 0.395 e. The average molecular weight is 251 g/mol. The summed E-state index contributed by atoms with van der Waals surface area (Å²) in [6.07, 6.45) is 1.59. The highest BCUT2D eigenvalue weighted by molar-refractivity contribution is 5.93. The van der Waals surface area contributed by atoms with Gasteiger partial charge in [-0.25, -0.2) is 4.98 Å². The maximum atomic E-state index is 11.9. The Morgan fingerprint density at radius 3 is 2.44 bits per heavy atom. The Morgan fingerprint density at radius 1 is 1.33 bits per heavy atom. The van der Waals surface area contributed by atoms with Crippen molar-refractivity contribution in [1.82, 2.24) is 9.88 Å². The first-order valence-corrected chi connectivity index (χ1v) is 6.21. The van der Waals surface area contributed by atoms with Gasteiger partial charge in [-0.3, -0.25) is 4.79 Å². The molecule has 0 aliphatic rings. The quantitative estimate of drug-likeness (QED) is 0.819. The lowest BCUT2D eigenvalue weighted by Crippen LogP contribution is -2.29. The van der Waals surface area contributed by atoms with Gasteiger partial charge in [0.25, 0.3) is 5.91 Å². The van der Waals surface area contributed by atoms with Gasteiger partial charge in [0.2, 0.25) is 0 Å². The van der Waals surface area contributed by atoms with Crippen molar-refractivity contribution in [2.75, 3.05) is 38.2 Å². The van der Waals surface area contributed by atoms with E-state index >= 15 is 0 Å². The molecule has 1 amide bonds. The standard InChI is InChI=1S/C13H21N3O2/c1-4-16(5-2)12-7-6-11(10-14-12)13(18)15(3)8-9-17/h6-7,10,17H,4-5,8-9H2,1-3H3. The summed E-state index contributed by atoms with van der Waals surface area (Å²) < 4.78 is 0. The Hall–Kier alpha value is -1.62. The third-order valence-electron chi connectivity index (χ3n) is 2.86. The number of aromatic nitrogens is 1. The summed E-state index contributed by atoms with van der Waals surface area (Å²) in [4.78, 5) is 19.8. The van der Waals surface area contributed by atoms with Crippen LogP contribution < -0.4 is 4.90 Å². The highest BCUT2D eigenvalue weighted by atomic mass is 16.3. The van der Waals surface area contributed by atoms with E-state index in [1.54, 1.807) is 19.3 Å². The average Bonchev–Trinajstić information content (AvgIpc) is 2.40. The first kappa shape index (κ1) is 14.4. The van der Waals surface area contributed by atoms with Crippen molar-refractivity contribution in [3.05, 3.63) is 23.9 Å². The SMILES string of the molecule is CCN(CC)c1ccc(C(=O)N(C)CCO)cn1. The Bertz CT molecular complexity index is 374. The van der Waals surface area contributed by atoms with Gasteiger partial charge in [-0.1, -0.05) is 0 Å². The second kappa shape index (κ2) is 6.96. The predicted octanol–water partition coefficient (Wildman–Crippen LogP) is 0.992. The number of hydrogen-bond donors (Lipinski definition) is 1. The molecule has 100 valence electrons. The highest BCUT2D eigenvalue weighted by Gasteiger charge is 2.12. The molecule has 0 radical (unpaired) electrons. The van der Waals surface area contributed by atoms with E-state index in [0.29, 0.717) is 12.1 Å². The normalized spacial score (nSPS) is 10.2. The van der Waals surface area contributed by atoms with Gasteiger partial charge >= 0.3 is 0 Å². The third-order valence-corrected chi connectivity index (χ3v) is 2.86. The Labute approximate surface area is 108 Å². The fraction of sp³-hybridized carbons (Fsp3) is 0.538. The number of pyridine rings is 1. The highest BCUT2D eigenvalue weighted by Crippen LogP contribution is 2.11. The van der Waals surface area contributed by atoms with E-state index < -0.39 is 0 Å². The van der Waals surface area contributed by atoms with E-state index in [2.05, 4.69) is 23.7 Å². The number of nitrogens with zero attached hydrogens (tertiary/aromatic N) is 3. The van der Waals surface area contributed by atoms with E-state index in [4.69, 9.17) is 5.11 Å². The van der Waals surface area contributed by atoms with E-state index in [1.165, 1.54) is 4.90 Å². The second-order valence-electron chi connectivity index (χ2n) is 4.03. The van der Waals surface area contributed by atoms with Crippen molar-refractivity contribution in [3.8, 4) is 0 Å². The maximum absolute atomic E-state index is 11.9. The number of amides is 1. The van der Waals surface area contributed by atoms with Gasteiger partial charge in [-0.05, 0) is 26.0 Å². The van der Waals surface area contributed by atoms with Gasteiger partial charge in [0.1, 0.15) is 5.82 Å². The number of likely N-dealkylation sites (N-methyl/N-ethyl adjacent to an activating group) is 1. The lowest BCUT2D eigenvalue weighted by molar-refractivity contribution is 0.0766. The molecular formula is C13H21N3O2. The second-order valence-corrected chi connectivity index (χ2v) is 4.03. The molecule has 5 heteroatoms. The molecule has 1 aromatic rings. The zero-order chi connectivity index (χ0) is 13.5. The number of rotatable bonds is 6. The summed E-state index contributed by atoms with van der Waals surface area (Å²) in [5.74, 6) is 0.754. The Morgan fingerprint density at radius 2 is 2.00 bits per heavy atom. The monoisotopic (exact) mass is 251 g/mol. The van der Waals surface area contributed by atoms with E-state index in [0.717, 1.165) is 18.9 Å². The fourth-order valence-electron chi connectivity index (χ4n) is 1.72. The van der Waals surface area contributed by atoms with Crippen LogP contribution in [0.3, 0.4) is 0 Å². The van der Waals surface area contributed by atoms with Crippen molar-refractivity contribution in [2.24, 2.45) is 0 Å². The molecule has 0 fully saturated rings. The zero-order valence-corrected chi connectivity index (χ0v) is 11.3. The zero-order valence-electron chi connectivity index (χ0n) is 11.3. The molecule has 1 aromatic heterocycles. The van der Waals surface area contributed by atoms with Gasteiger partial charge in [0.15, 0.2) is 0 Å². The number of carbonyl (C=O) groups excluding carboxylic acids is 1. The molecule has 1 N–H and O–H groups in total. The number of aliphatic hydroxyl groups is 1. The maximum Gasteiger partial charge on any atom is 0.255 e. The topological polar surface area (TPSA) is 56.7 Å². The van der Waals surface area contributed by atoms with Crippen LogP contribution in [0.25, 0.3) is 0 Å². The molecule has 1 heterocycles. The van der Waals surface area contributed by atoms with Crippen LogP contribution in [-0.4, -0.2) is 54.2 Å². The molecule has 0 saturated heterocycles. The van der Waals surface area contributed by atoms with Gasteiger partial charge in [0, 0.05) is 32.9 Å². The smallest absolute Gasteiger partial charge is 0.255 e. The van der Waals surface area contributed by atoms with Crippen LogP contribution in [0.1, 0.15) is 24.2 Å². The molecule has 0 saturated carbocycles. The number of hydrogen-bond acceptors (Lipinski definition) is 4. The molecule has 5 nitrogen and oxygen atoms in total. The summed E-state index contributed by atoms with van der Waals surface area (Å²) in [5, 5.41) is 8.80. The van der Waals surface area contributed by atoms with E-state index in [1.807, 2.05) is 6.07 Å². The lowest BCUT2D eigenvalue weighted by Gasteiger charge is -2.20. The molecule has 0 bridgehead atoms. The van der Waals surface area contributed by atoms with Crippen LogP contribution in [0.2, 0.25) is 0 Å². The van der Waals surface area contributed by atoms with Crippen molar-refractivity contribution in [2.45, 2.75) is 13.8 Å². The van der Waals surface area contributed by atoms with Crippen molar-refractivity contribution in [3.63, 3.8) is 0 Å². The molecule has 0 atom stereocenters.